The van der Waals surface area contributed by atoms with Gasteiger partial charge in [0.15, 0.2) is 0 Å². The highest BCUT2D eigenvalue weighted by molar-refractivity contribution is 7.93. The van der Waals surface area contributed by atoms with Gasteiger partial charge in [-0.2, -0.15) is 5.10 Å². The normalized spacial score (nSPS) is 11.6. The SMILES string of the molecule is Cc1nn(C)c(C)c1S(=O)(=O)N(C)c1ccccc1N. The van der Waals surface area contributed by atoms with Gasteiger partial charge in [-0.1, -0.05) is 12.1 Å². The molecule has 0 spiro atoms. The molecular weight excluding hydrogens is 276 g/mol. The maximum absolute atomic E-state index is 12.8. The minimum absolute atomic E-state index is 0.228. The lowest BCUT2D eigenvalue weighted by Crippen LogP contribution is -2.28. The quantitative estimate of drug-likeness (QED) is 0.869. The van der Waals surface area contributed by atoms with Crippen LogP contribution in [-0.2, 0) is 17.1 Å². The maximum Gasteiger partial charge on any atom is 0.267 e. The molecule has 0 aliphatic carbocycles. The number of nitrogens with two attached hydrogens (primary N) is 1. The number of rotatable bonds is 3. The predicted octanol–water partition coefficient (Wildman–Crippen LogP) is 1.44. The van der Waals surface area contributed by atoms with Gasteiger partial charge in [-0.3, -0.25) is 8.99 Å². The number of hydrogen-bond donors (Lipinski definition) is 1. The smallest absolute Gasteiger partial charge is 0.267 e. The summed E-state index contributed by atoms with van der Waals surface area (Å²) in [6.45, 7) is 3.41. The average Bonchev–Trinajstić information content (AvgIpc) is 2.63. The van der Waals surface area contributed by atoms with Gasteiger partial charge in [-0.15, -0.1) is 0 Å². The van der Waals surface area contributed by atoms with Crippen LogP contribution in [0.2, 0.25) is 0 Å². The first-order valence-electron chi connectivity index (χ1n) is 6.10. The van der Waals surface area contributed by atoms with Gasteiger partial charge in [0, 0.05) is 14.1 Å². The summed E-state index contributed by atoms with van der Waals surface area (Å²) < 4.78 is 28.3. The van der Waals surface area contributed by atoms with E-state index in [1.54, 1.807) is 49.8 Å². The Hall–Kier alpha value is -2.02. The molecule has 2 N–H and O–H groups in total. The Labute approximate surface area is 118 Å². The molecule has 0 bridgehead atoms. The molecule has 0 atom stereocenters. The number of nitrogens with zero attached hydrogens (tertiary/aromatic N) is 3. The highest BCUT2D eigenvalue weighted by atomic mass is 32.2. The van der Waals surface area contributed by atoms with Crippen LogP contribution in [0.25, 0.3) is 0 Å². The molecule has 0 aliphatic rings. The number of sulfonamides is 1. The van der Waals surface area contributed by atoms with Crippen LogP contribution in [0.5, 0.6) is 0 Å². The zero-order valence-corrected chi connectivity index (χ0v) is 12.8. The van der Waals surface area contributed by atoms with Crippen molar-refractivity contribution in [3.05, 3.63) is 35.7 Å². The second-order valence-corrected chi connectivity index (χ2v) is 6.56. The Balaban J connectivity index is 2.59. The van der Waals surface area contributed by atoms with Crippen molar-refractivity contribution >= 4 is 21.4 Å². The minimum atomic E-state index is -3.69. The Kier molecular flexibility index (Phi) is 3.47. The number of hydrogen-bond acceptors (Lipinski definition) is 4. The number of para-hydroxylation sites is 2. The molecule has 0 saturated carbocycles. The third kappa shape index (κ3) is 2.14. The van der Waals surface area contributed by atoms with Crippen LogP contribution >= 0.6 is 0 Å². The van der Waals surface area contributed by atoms with Crippen LogP contribution < -0.4 is 10.0 Å². The van der Waals surface area contributed by atoms with Crippen LogP contribution in [0, 0.1) is 13.8 Å². The molecule has 1 aromatic carbocycles. The summed E-state index contributed by atoms with van der Waals surface area (Å²) in [5.41, 5.74) is 7.80. The average molecular weight is 294 g/mol. The molecule has 108 valence electrons. The molecule has 1 heterocycles. The summed E-state index contributed by atoms with van der Waals surface area (Å²) in [5, 5.41) is 4.15. The molecule has 7 heteroatoms. The maximum atomic E-state index is 12.8. The summed E-state index contributed by atoms with van der Waals surface area (Å²) in [6, 6.07) is 6.86. The van der Waals surface area contributed by atoms with Gasteiger partial charge in [0.25, 0.3) is 10.0 Å². The van der Waals surface area contributed by atoms with Crippen molar-refractivity contribution in [2.24, 2.45) is 7.05 Å². The molecule has 0 radical (unpaired) electrons. The summed E-state index contributed by atoms with van der Waals surface area (Å²) in [5.74, 6) is 0. The van der Waals surface area contributed by atoms with E-state index in [2.05, 4.69) is 5.10 Å². The Morgan fingerprint density at radius 3 is 2.35 bits per heavy atom. The third-order valence-corrected chi connectivity index (χ3v) is 5.36. The van der Waals surface area contributed by atoms with Crippen molar-refractivity contribution in [1.29, 1.82) is 0 Å². The van der Waals surface area contributed by atoms with Crippen molar-refractivity contribution in [3.8, 4) is 0 Å². The topological polar surface area (TPSA) is 81.2 Å². The van der Waals surface area contributed by atoms with Crippen molar-refractivity contribution < 1.29 is 8.42 Å². The van der Waals surface area contributed by atoms with E-state index in [9.17, 15) is 8.42 Å². The van der Waals surface area contributed by atoms with Crippen molar-refractivity contribution in [2.45, 2.75) is 18.7 Å². The number of anilines is 2. The zero-order valence-electron chi connectivity index (χ0n) is 12.0. The van der Waals surface area contributed by atoms with Gasteiger partial charge < -0.3 is 5.73 Å². The third-order valence-electron chi connectivity index (χ3n) is 3.34. The van der Waals surface area contributed by atoms with Crippen LogP contribution in [0.15, 0.2) is 29.2 Å². The summed E-state index contributed by atoms with van der Waals surface area (Å²) in [4.78, 5) is 0.228. The van der Waals surface area contributed by atoms with E-state index in [1.807, 2.05) is 0 Å². The molecule has 0 saturated heterocycles. The lowest BCUT2D eigenvalue weighted by atomic mass is 10.3. The molecule has 6 nitrogen and oxygen atoms in total. The Morgan fingerprint density at radius 1 is 1.25 bits per heavy atom. The highest BCUT2D eigenvalue weighted by Gasteiger charge is 2.29. The first kappa shape index (κ1) is 14.4. The highest BCUT2D eigenvalue weighted by Crippen LogP contribution is 2.29. The van der Waals surface area contributed by atoms with E-state index < -0.39 is 10.0 Å². The lowest BCUT2D eigenvalue weighted by Gasteiger charge is -2.21. The molecule has 0 amide bonds. The number of nitrogen functional groups attached to an aromatic ring is 1. The van der Waals surface area contributed by atoms with Crippen LogP contribution in [0.3, 0.4) is 0 Å². The van der Waals surface area contributed by atoms with Gasteiger partial charge >= 0.3 is 0 Å². The zero-order chi connectivity index (χ0) is 15.1. The van der Waals surface area contributed by atoms with Crippen molar-refractivity contribution in [3.63, 3.8) is 0 Å². The van der Waals surface area contributed by atoms with Crippen LogP contribution in [0.1, 0.15) is 11.4 Å². The molecular formula is C13H18N4O2S. The van der Waals surface area contributed by atoms with E-state index in [-0.39, 0.29) is 4.90 Å². The fourth-order valence-corrected chi connectivity index (χ4v) is 3.79. The van der Waals surface area contributed by atoms with Crippen molar-refractivity contribution in [2.75, 3.05) is 17.1 Å². The molecule has 20 heavy (non-hydrogen) atoms. The molecule has 2 aromatic rings. The van der Waals surface area contributed by atoms with Crippen LogP contribution in [-0.4, -0.2) is 25.2 Å². The molecule has 0 fully saturated rings. The molecule has 1 aromatic heterocycles. The predicted molar refractivity (Wildman–Crippen MR) is 79.1 cm³/mol. The fraction of sp³-hybridized carbons (Fsp3) is 0.308. The summed E-state index contributed by atoms with van der Waals surface area (Å²) in [7, 11) is -0.472. The Bertz CT molecular complexity index is 750. The van der Waals surface area contributed by atoms with E-state index >= 15 is 0 Å². The molecule has 2 rings (SSSR count). The second-order valence-electron chi connectivity index (χ2n) is 4.65. The lowest BCUT2D eigenvalue weighted by molar-refractivity contribution is 0.593. The standard InChI is InChI=1S/C13H18N4O2S/c1-9-13(10(2)16(3)15-9)20(18,19)17(4)12-8-6-5-7-11(12)14/h5-8H,14H2,1-4H3. The number of aromatic nitrogens is 2. The van der Waals surface area contributed by atoms with Gasteiger partial charge in [0.2, 0.25) is 0 Å². The largest absolute Gasteiger partial charge is 0.397 e. The Morgan fingerprint density at radius 2 is 1.85 bits per heavy atom. The van der Waals surface area contributed by atoms with Crippen LogP contribution in [0.4, 0.5) is 11.4 Å². The summed E-state index contributed by atoms with van der Waals surface area (Å²) in [6.07, 6.45) is 0. The van der Waals surface area contributed by atoms with Gasteiger partial charge in [0.05, 0.1) is 22.8 Å². The van der Waals surface area contributed by atoms with E-state index in [4.69, 9.17) is 5.73 Å². The minimum Gasteiger partial charge on any atom is -0.397 e. The summed E-state index contributed by atoms with van der Waals surface area (Å²) >= 11 is 0. The number of aryl methyl sites for hydroxylation is 2. The number of benzene rings is 1. The first-order chi connectivity index (χ1) is 9.26. The van der Waals surface area contributed by atoms with Gasteiger partial charge in [-0.05, 0) is 26.0 Å². The fourth-order valence-electron chi connectivity index (χ4n) is 2.17. The van der Waals surface area contributed by atoms with Crippen molar-refractivity contribution in [1.82, 2.24) is 9.78 Å². The monoisotopic (exact) mass is 294 g/mol. The van der Waals surface area contributed by atoms with E-state index in [0.717, 1.165) is 0 Å². The van der Waals surface area contributed by atoms with E-state index in [0.29, 0.717) is 22.8 Å². The first-order valence-corrected chi connectivity index (χ1v) is 7.54. The second kappa shape index (κ2) is 4.82. The van der Waals surface area contributed by atoms with Gasteiger partial charge in [-0.25, -0.2) is 8.42 Å². The van der Waals surface area contributed by atoms with Gasteiger partial charge in [0.1, 0.15) is 4.90 Å². The van der Waals surface area contributed by atoms with E-state index in [1.165, 1.54) is 11.4 Å². The molecule has 0 aliphatic heterocycles. The molecule has 0 unspecified atom stereocenters.